The van der Waals surface area contributed by atoms with Gasteiger partial charge in [-0.15, -0.1) is 11.3 Å². The molecule has 0 bridgehead atoms. The molecule has 1 N–H and O–H groups in total. The van der Waals surface area contributed by atoms with Crippen molar-refractivity contribution in [2.24, 2.45) is 0 Å². The van der Waals surface area contributed by atoms with Gasteiger partial charge in [0.25, 0.3) is 0 Å². The Morgan fingerprint density at radius 3 is 2.40 bits per heavy atom. The van der Waals surface area contributed by atoms with E-state index in [1.54, 1.807) is 38.3 Å². The molecule has 0 aliphatic carbocycles. The lowest BCUT2D eigenvalue weighted by atomic mass is 10.1. The highest BCUT2D eigenvalue weighted by Gasteiger charge is 2.36. The Hall–Kier alpha value is -1.41. The van der Waals surface area contributed by atoms with Crippen molar-refractivity contribution in [3.8, 4) is 0 Å². The molecule has 1 heterocycles. The molecule has 1 rings (SSSR count). The number of esters is 1. The number of amides is 1. The minimum absolute atomic E-state index is 0.303. The van der Waals surface area contributed by atoms with E-state index in [0.717, 1.165) is 0 Å². The number of thiophene rings is 1. The van der Waals surface area contributed by atoms with Gasteiger partial charge in [0.15, 0.2) is 9.84 Å². The molecule has 25 heavy (non-hydrogen) atoms. The highest BCUT2D eigenvalue weighted by molar-refractivity contribution is 7.92. The van der Waals surface area contributed by atoms with Crippen molar-refractivity contribution in [1.82, 2.24) is 5.32 Å². The molecule has 0 radical (unpaired) electrons. The van der Waals surface area contributed by atoms with Crippen LogP contribution < -0.4 is 5.32 Å². The Balaban J connectivity index is 3.09. The van der Waals surface area contributed by atoms with Crippen LogP contribution in [0, 0.1) is 0 Å². The van der Waals surface area contributed by atoms with Crippen LogP contribution in [0.5, 0.6) is 0 Å². The first kappa shape index (κ1) is 21.6. The average Bonchev–Trinajstić information content (AvgIpc) is 3.04. The summed E-state index contributed by atoms with van der Waals surface area (Å²) in [6, 6.07) is 2.73. The summed E-state index contributed by atoms with van der Waals surface area (Å²) in [7, 11) is -2.25. The van der Waals surface area contributed by atoms with Gasteiger partial charge >= 0.3 is 5.97 Å². The number of carbonyl (C=O) groups excluding carboxylic acids is 2. The zero-order valence-corrected chi connectivity index (χ0v) is 17.0. The molecule has 6 nitrogen and oxygen atoms in total. The van der Waals surface area contributed by atoms with Gasteiger partial charge in [-0.3, -0.25) is 4.79 Å². The average molecular weight is 390 g/mol. The number of hydrogen-bond donors (Lipinski definition) is 1. The smallest absolute Gasteiger partial charge is 0.328 e. The number of rotatable bonds is 8. The van der Waals surface area contributed by atoms with Crippen LogP contribution in [0.2, 0.25) is 0 Å². The van der Waals surface area contributed by atoms with Crippen molar-refractivity contribution >= 4 is 33.1 Å². The summed E-state index contributed by atoms with van der Waals surface area (Å²) in [6.07, 6.45) is 1.12. The normalized spacial score (nSPS) is 14.6. The lowest BCUT2D eigenvalue weighted by Gasteiger charge is -2.24. The fourth-order valence-corrected chi connectivity index (χ4v) is 4.40. The second kappa shape index (κ2) is 8.80. The van der Waals surface area contributed by atoms with E-state index in [9.17, 15) is 18.0 Å². The lowest BCUT2D eigenvalue weighted by molar-refractivity contribution is -0.145. The van der Waals surface area contributed by atoms with Crippen LogP contribution in [-0.4, -0.2) is 43.9 Å². The molecule has 0 aliphatic heterocycles. The summed E-state index contributed by atoms with van der Waals surface area (Å²) in [5.74, 6) is -2.16. The van der Waals surface area contributed by atoms with Crippen molar-refractivity contribution in [2.45, 2.75) is 57.2 Å². The number of hydrogen-bond acceptors (Lipinski definition) is 6. The van der Waals surface area contributed by atoms with E-state index in [1.807, 2.05) is 6.92 Å². The number of carbonyl (C=O) groups is 2. The topological polar surface area (TPSA) is 89.5 Å². The molecule has 0 saturated carbocycles. The monoisotopic (exact) mass is 389 g/mol. The Kier molecular flexibility index (Phi) is 7.62. The van der Waals surface area contributed by atoms with Crippen molar-refractivity contribution in [3.05, 3.63) is 22.4 Å². The molecular weight excluding hydrogens is 362 g/mol. The van der Waals surface area contributed by atoms with Crippen LogP contribution in [0.3, 0.4) is 0 Å². The van der Waals surface area contributed by atoms with Crippen LogP contribution >= 0.6 is 11.3 Å². The van der Waals surface area contributed by atoms with E-state index in [2.05, 4.69) is 5.32 Å². The maximum atomic E-state index is 12.8. The van der Waals surface area contributed by atoms with E-state index in [1.165, 1.54) is 18.4 Å². The second-order valence-electron chi connectivity index (χ2n) is 6.83. The molecule has 1 unspecified atom stereocenters. The quantitative estimate of drug-likeness (QED) is 0.690. The van der Waals surface area contributed by atoms with E-state index < -0.39 is 38.4 Å². The van der Waals surface area contributed by atoms with Crippen molar-refractivity contribution < 1.29 is 22.7 Å². The standard InChI is InChI=1S/C17H27NO5S2/c1-6-8-13(16(20)23-5)18-15(19)12(14-9-7-10-24-14)11-25(21,22)17(2,3)4/h7,9-10,12-13H,6,8,11H2,1-5H3,(H,18,19)/t12?,13-/m0/s1. The van der Waals surface area contributed by atoms with Gasteiger partial charge in [-0.1, -0.05) is 19.4 Å². The van der Waals surface area contributed by atoms with Gasteiger partial charge in [0.2, 0.25) is 5.91 Å². The minimum Gasteiger partial charge on any atom is -0.467 e. The van der Waals surface area contributed by atoms with Crippen LogP contribution in [0.4, 0.5) is 0 Å². The van der Waals surface area contributed by atoms with Gasteiger partial charge in [-0.05, 0) is 38.6 Å². The molecule has 2 atom stereocenters. The summed E-state index contributed by atoms with van der Waals surface area (Å²) < 4.78 is 29.0. The molecule has 0 aliphatic rings. The molecule has 1 amide bonds. The Bertz CT molecular complexity index is 674. The highest BCUT2D eigenvalue weighted by Crippen LogP contribution is 2.28. The van der Waals surface area contributed by atoms with Crippen LogP contribution in [0.1, 0.15) is 51.3 Å². The molecule has 1 aromatic rings. The van der Waals surface area contributed by atoms with Gasteiger partial charge in [0.1, 0.15) is 6.04 Å². The molecule has 1 aromatic heterocycles. The van der Waals surface area contributed by atoms with E-state index >= 15 is 0 Å². The summed E-state index contributed by atoms with van der Waals surface area (Å²) in [5.41, 5.74) is 0. The SMILES string of the molecule is CCC[C@H](NC(=O)C(CS(=O)(=O)C(C)(C)C)c1cccs1)C(=O)OC. The number of ether oxygens (including phenoxy) is 1. The molecule has 0 fully saturated rings. The number of methoxy groups -OCH3 is 1. The minimum atomic E-state index is -3.51. The number of nitrogens with one attached hydrogen (secondary N) is 1. The second-order valence-corrected chi connectivity index (χ2v) is 10.6. The Morgan fingerprint density at radius 2 is 1.96 bits per heavy atom. The van der Waals surface area contributed by atoms with E-state index in [4.69, 9.17) is 4.74 Å². The van der Waals surface area contributed by atoms with Crippen LogP contribution in [0.15, 0.2) is 17.5 Å². The third kappa shape index (κ3) is 5.81. The van der Waals surface area contributed by atoms with Gasteiger partial charge in [0, 0.05) is 4.88 Å². The molecule has 0 aromatic carbocycles. The van der Waals surface area contributed by atoms with E-state index in [-0.39, 0.29) is 5.75 Å². The van der Waals surface area contributed by atoms with Gasteiger partial charge in [-0.2, -0.15) is 0 Å². The fraction of sp³-hybridized carbons (Fsp3) is 0.647. The molecule has 142 valence electrons. The van der Waals surface area contributed by atoms with Crippen molar-refractivity contribution in [2.75, 3.05) is 12.9 Å². The highest BCUT2D eigenvalue weighted by atomic mass is 32.2. The maximum absolute atomic E-state index is 12.8. The van der Waals surface area contributed by atoms with Crippen molar-refractivity contribution in [1.29, 1.82) is 0 Å². The fourth-order valence-electron chi connectivity index (χ4n) is 2.20. The first-order valence-corrected chi connectivity index (χ1v) is 10.7. The number of sulfone groups is 1. The summed E-state index contributed by atoms with van der Waals surface area (Å²) in [6.45, 7) is 6.73. The summed E-state index contributed by atoms with van der Waals surface area (Å²) in [4.78, 5) is 25.3. The van der Waals surface area contributed by atoms with Crippen molar-refractivity contribution in [3.63, 3.8) is 0 Å². The van der Waals surface area contributed by atoms with E-state index in [0.29, 0.717) is 17.7 Å². The zero-order chi connectivity index (χ0) is 19.3. The van der Waals surface area contributed by atoms with Gasteiger partial charge < -0.3 is 10.1 Å². The third-order valence-electron chi connectivity index (χ3n) is 3.90. The maximum Gasteiger partial charge on any atom is 0.328 e. The van der Waals surface area contributed by atoms with Gasteiger partial charge in [0.05, 0.1) is 23.5 Å². The summed E-state index contributed by atoms with van der Waals surface area (Å²) >= 11 is 1.32. The molecule has 0 saturated heterocycles. The Labute approximate surface area is 153 Å². The van der Waals surface area contributed by atoms with Gasteiger partial charge in [-0.25, -0.2) is 13.2 Å². The Morgan fingerprint density at radius 1 is 1.32 bits per heavy atom. The third-order valence-corrected chi connectivity index (χ3v) is 7.53. The first-order valence-electron chi connectivity index (χ1n) is 8.17. The summed E-state index contributed by atoms with van der Waals surface area (Å²) in [5, 5.41) is 4.45. The first-order chi connectivity index (χ1) is 11.5. The largest absolute Gasteiger partial charge is 0.467 e. The zero-order valence-electron chi connectivity index (χ0n) is 15.4. The lowest BCUT2D eigenvalue weighted by Crippen LogP contribution is -2.45. The predicted octanol–water partition coefficient (Wildman–Crippen LogP) is 2.50. The predicted molar refractivity (Wildman–Crippen MR) is 99.5 cm³/mol. The van der Waals surface area contributed by atoms with Crippen LogP contribution in [0.25, 0.3) is 0 Å². The molecule has 0 spiro atoms. The molecule has 8 heteroatoms. The molecular formula is C17H27NO5S2. The van der Waals surface area contributed by atoms with Crippen LogP contribution in [-0.2, 0) is 24.2 Å².